The minimum absolute atomic E-state index is 0.00498. The molecular weight excluding hydrogens is 471 g/mol. The molecule has 11 heteroatoms. The van der Waals surface area contributed by atoms with Gasteiger partial charge in [-0.3, -0.25) is 0 Å². The molecule has 1 aliphatic rings. The molecule has 0 unspecified atom stereocenters. The summed E-state index contributed by atoms with van der Waals surface area (Å²) < 4.78 is 50.6. The molecule has 0 aliphatic heterocycles. The topological polar surface area (TPSA) is 102 Å². The third kappa shape index (κ3) is 6.01. The lowest BCUT2D eigenvalue weighted by Gasteiger charge is -2.29. The van der Waals surface area contributed by atoms with Crippen molar-refractivity contribution < 1.29 is 22.3 Å². The van der Waals surface area contributed by atoms with E-state index in [1.165, 1.54) is 18.4 Å². The molecule has 176 valence electrons. The van der Waals surface area contributed by atoms with Crippen LogP contribution in [0, 0.1) is 5.82 Å². The lowest BCUT2D eigenvalue weighted by atomic mass is 9.93. The average molecular weight is 495 g/mol. The van der Waals surface area contributed by atoms with Gasteiger partial charge in [0, 0.05) is 29.4 Å². The third-order valence-corrected chi connectivity index (χ3v) is 6.44. The Balaban J connectivity index is 1.48. The van der Waals surface area contributed by atoms with E-state index in [2.05, 4.69) is 20.0 Å². The maximum Gasteiger partial charge on any atom is 0.227 e. The molecule has 33 heavy (non-hydrogen) atoms. The Morgan fingerprint density at radius 3 is 2.55 bits per heavy atom. The van der Waals surface area contributed by atoms with Crippen LogP contribution in [0.2, 0.25) is 5.02 Å². The highest BCUT2D eigenvalue weighted by molar-refractivity contribution is 7.88. The number of methoxy groups -OCH3 is 1. The standard InChI is InChI=1S/C22H24ClFN4O4S/c1-31-20-11-19-13(12-25-22(27-19)26-15-5-8-18(24)17(23)10-15)9-21(20)32-16-6-3-14(4-7-16)28-33(2,29)30/h5,8-12,14,16,28H,3-4,6-7H2,1-2H3,(H,25,26,27). The second kappa shape index (κ2) is 9.66. The molecule has 1 aliphatic carbocycles. The van der Waals surface area contributed by atoms with Crippen molar-refractivity contribution in [1.82, 2.24) is 14.7 Å². The van der Waals surface area contributed by atoms with Gasteiger partial charge in [0.2, 0.25) is 16.0 Å². The van der Waals surface area contributed by atoms with Crippen LogP contribution in [0.25, 0.3) is 10.9 Å². The first-order chi connectivity index (χ1) is 15.7. The van der Waals surface area contributed by atoms with Gasteiger partial charge in [-0.05, 0) is 49.9 Å². The minimum atomic E-state index is -3.22. The van der Waals surface area contributed by atoms with Gasteiger partial charge in [0.25, 0.3) is 0 Å². The third-order valence-electron chi connectivity index (χ3n) is 5.39. The summed E-state index contributed by atoms with van der Waals surface area (Å²) in [6.07, 6.45) is 5.67. The predicted octanol–water partition coefficient (Wildman–Crippen LogP) is 4.41. The van der Waals surface area contributed by atoms with Gasteiger partial charge in [0.1, 0.15) is 5.82 Å². The van der Waals surface area contributed by atoms with Crippen LogP contribution in [0.5, 0.6) is 11.5 Å². The highest BCUT2D eigenvalue weighted by Gasteiger charge is 2.25. The number of fused-ring (bicyclic) bond motifs is 1. The lowest BCUT2D eigenvalue weighted by Crippen LogP contribution is -2.39. The van der Waals surface area contributed by atoms with Gasteiger partial charge in [0.05, 0.1) is 30.0 Å². The van der Waals surface area contributed by atoms with Crippen LogP contribution >= 0.6 is 11.6 Å². The first kappa shape index (κ1) is 23.5. The number of ether oxygens (including phenoxy) is 2. The highest BCUT2D eigenvalue weighted by Crippen LogP contribution is 2.35. The highest BCUT2D eigenvalue weighted by atomic mass is 35.5. The molecule has 1 aromatic heterocycles. The van der Waals surface area contributed by atoms with Crippen molar-refractivity contribution in [3.05, 3.63) is 47.4 Å². The summed E-state index contributed by atoms with van der Waals surface area (Å²) in [6.45, 7) is 0. The second-order valence-electron chi connectivity index (χ2n) is 7.99. The molecular formula is C22H24ClFN4O4S. The normalized spacial score (nSPS) is 18.8. The van der Waals surface area contributed by atoms with Gasteiger partial charge < -0.3 is 14.8 Å². The van der Waals surface area contributed by atoms with E-state index in [1.807, 2.05) is 6.07 Å². The molecule has 4 rings (SSSR count). The van der Waals surface area contributed by atoms with Crippen molar-refractivity contribution in [3.8, 4) is 11.5 Å². The van der Waals surface area contributed by atoms with Gasteiger partial charge in [-0.2, -0.15) is 0 Å². The Morgan fingerprint density at radius 2 is 1.88 bits per heavy atom. The summed E-state index contributed by atoms with van der Waals surface area (Å²) in [4.78, 5) is 8.82. The number of hydrogen-bond donors (Lipinski definition) is 2. The van der Waals surface area contributed by atoms with Crippen molar-refractivity contribution in [2.45, 2.75) is 37.8 Å². The van der Waals surface area contributed by atoms with Gasteiger partial charge >= 0.3 is 0 Å². The zero-order valence-electron chi connectivity index (χ0n) is 18.1. The van der Waals surface area contributed by atoms with E-state index in [0.29, 0.717) is 41.5 Å². The number of halogens is 2. The summed E-state index contributed by atoms with van der Waals surface area (Å²) >= 11 is 5.83. The lowest BCUT2D eigenvalue weighted by molar-refractivity contribution is 0.140. The number of sulfonamides is 1. The molecule has 1 fully saturated rings. The Hall–Kier alpha value is -2.69. The summed E-state index contributed by atoms with van der Waals surface area (Å²) in [5.74, 6) is 0.948. The smallest absolute Gasteiger partial charge is 0.227 e. The van der Waals surface area contributed by atoms with E-state index >= 15 is 0 Å². The van der Waals surface area contributed by atoms with E-state index in [0.717, 1.165) is 18.2 Å². The van der Waals surface area contributed by atoms with Crippen LogP contribution < -0.4 is 19.5 Å². The number of benzene rings is 2. The van der Waals surface area contributed by atoms with Crippen molar-refractivity contribution in [2.24, 2.45) is 0 Å². The van der Waals surface area contributed by atoms with E-state index in [4.69, 9.17) is 21.1 Å². The molecule has 8 nitrogen and oxygen atoms in total. The zero-order chi connectivity index (χ0) is 23.6. The van der Waals surface area contributed by atoms with Crippen LogP contribution in [0.3, 0.4) is 0 Å². The van der Waals surface area contributed by atoms with Crippen LogP contribution in [-0.2, 0) is 10.0 Å². The maximum absolute atomic E-state index is 13.4. The van der Waals surface area contributed by atoms with Crippen LogP contribution in [0.4, 0.5) is 16.0 Å². The number of nitrogens with one attached hydrogen (secondary N) is 2. The van der Waals surface area contributed by atoms with E-state index in [1.54, 1.807) is 25.4 Å². The fraction of sp³-hybridized carbons (Fsp3) is 0.364. The Labute approximate surface area is 196 Å². The summed E-state index contributed by atoms with van der Waals surface area (Å²) in [6, 6.07) is 7.81. The Bertz CT molecular complexity index is 1270. The maximum atomic E-state index is 13.4. The Kier molecular flexibility index (Phi) is 6.87. The van der Waals surface area contributed by atoms with Gasteiger partial charge in [-0.1, -0.05) is 11.6 Å². The first-order valence-corrected chi connectivity index (χ1v) is 12.7. The number of rotatable bonds is 7. The molecule has 0 saturated heterocycles. The predicted molar refractivity (Wildman–Crippen MR) is 125 cm³/mol. The van der Waals surface area contributed by atoms with Crippen LogP contribution in [0.1, 0.15) is 25.7 Å². The van der Waals surface area contributed by atoms with Crippen LogP contribution in [-0.4, -0.2) is 43.9 Å². The number of nitrogens with zero attached hydrogens (tertiary/aromatic N) is 2. The zero-order valence-corrected chi connectivity index (χ0v) is 19.7. The first-order valence-electron chi connectivity index (χ1n) is 10.4. The van der Waals surface area contributed by atoms with Gasteiger partial charge in [0.15, 0.2) is 11.5 Å². The molecule has 0 spiro atoms. The average Bonchev–Trinajstić information content (AvgIpc) is 2.76. The van der Waals surface area contributed by atoms with E-state index < -0.39 is 15.8 Å². The molecule has 1 heterocycles. The molecule has 0 atom stereocenters. The summed E-state index contributed by atoms with van der Waals surface area (Å²) in [5, 5.41) is 3.78. The van der Waals surface area contributed by atoms with Crippen molar-refractivity contribution in [3.63, 3.8) is 0 Å². The van der Waals surface area contributed by atoms with Gasteiger partial charge in [-0.25, -0.2) is 27.5 Å². The molecule has 1 saturated carbocycles. The number of aromatic nitrogens is 2. The minimum Gasteiger partial charge on any atom is -0.493 e. The van der Waals surface area contributed by atoms with Crippen molar-refractivity contribution >= 4 is 44.2 Å². The fourth-order valence-corrected chi connectivity index (χ4v) is 4.86. The summed E-state index contributed by atoms with van der Waals surface area (Å²) in [5.41, 5.74) is 1.21. The van der Waals surface area contributed by atoms with E-state index in [9.17, 15) is 12.8 Å². The molecule has 0 amide bonds. The van der Waals surface area contributed by atoms with Crippen molar-refractivity contribution in [2.75, 3.05) is 18.7 Å². The molecule has 0 bridgehead atoms. The molecule has 3 aromatic rings. The summed E-state index contributed by atoms with van der Waals surface area (Å²) in [7, 11) is -1.66. The van der Waals surface area contributed by atoms with Crippen molar-refractivity contribution in [1.29, 1.82) is 0 Å². The SMILES string of the molecule is COc1cc2nc(Nc3ccc(F)c(Cl)c3)ncc2cc1OC1CCC(NS(C)(=O)=O)CC1. The quantitative estimate of drug-likeness (QED) is 0.501. The second-order valence-corrected chi connectivity index (χ2v) is 10.2. The molecule has 2 aromatic carbocycles. The number of hydrogen-bond acceptors (Lipinski definition) is 7. The Morgan fingerprint density at radius 1 is 1.12 bits per heavy atom. The largest absolute Gasteiger partial charge is 0.493 e. The molecule has 0 radical (unpaired) electrons. The number of anilines is 2. The fourth-order valence-electron chi connectivity index (χ4n) is 3.83. The molecule has 2 N–H and O–H groups in total. The van der Waals surface area contributed by atoms with Crippen LogP contribution in [0.15, 0.2) is 36.5 Å². The van der Waals surface area contributed by atoms with E-state index in [-0.39, 0.29) is 17.2 Å². The van der Waals surface area contributed by atoms with Gasteiger partial charge in [-0.15, -0.1) is 0 Å². The monoisotopic (exact) mass is 494 g/mol.